The van der Waals surface area contributed by atoms with Crippen molar-refractivity contribution in [1.29, 1.82) is 0 Å². The SMILES string of the molecule is Cc1cc(F)ccc1NC(=O)C(NC(=O)C1CC1)C(C)O. The van der Waals surface area contributed by atoms with Crippen molar-refractivity contribution >= 4 is 17.5 Å². The normalized spacial score (nSPS) is 17.0. The lowest BCUT2D eigenvalue weighted by Gasteiger charge is -2.21. The standard InChI is InChI=1S/C15H19FN2O3/c1-8-7-11(16)5-6-12(8)17-15(21)13(9(2)19)18-14(20)10-3-4-10/h5-7,9-10,13,19H,3-4H2,1-2H3,(H,17,21)(H,18,20). The van der Waals surface area contributed by atoms with Gasteiger partial charge in [-0.1, -0.05) is 0 Å². The van der Waals surface area contributed by atoms with Crippen LogP contribution in [0.25, 0.3) is 0 Å². The molecule has 5 nitrogen and oxygen atoms in total. The fraction of sp³-hybridized carbons (Fsp3) is 0.467. The molecule has 2 unspecified atom stereocenters. The topological polar surface area (TPSA) is 78.4 Å². The van der Waals surface area contributed by atoms with Crippen molar-refractivity contribution < 1.29 is 19.1 Å². The Morgan fingerprint density at radius 3 is 2.57 bits per heavy atom. The van der Waals surface area contributed by atoms with Gasteiger partial charge in [-0.2, -0.15) is 0 Å². The van der Waals surface area contributed by atoms with Gasteiger partial charge >= 0.3 is 0 Å². The van der Waals surface area contributed by atoms with Crippen molar-refractivity contribution in [2.24, 2.45) is 5.92 Å². The van der Waals surface area contributed by atoms with Crippen LogP contribution >= 0.6 is 0 Å². The molecule has 0 aliphatic heterocycles. The van der Waals surface area contributed by atoms with E-state index in [0.717, 1.165) is 12.8 Å². The van der Waals surface area contributed by atoms with Crippen LogP contribution in [0.1, 0.15) is 25.3 Å². The summed E-state index contributed by atoms with van der Waals surface area (Å²) < 4.78 is 13.0. The van der Waals surface area contributed by atoms with Crippen LogP contribution < -0.4 is 10.6 Å². The van der Waals surface area contributed by atoms with Crippen molar-refractivity contribution in [3.63, 3.8) is 0 Å². The molecule has 0 aromatic heterocycles. The molecule has 0 heterocycles. The second kappa shape index (κ2) is 6.22. The molecular formula is C15H19FN2O3. The van der Waals surface area contributed by atoms with E-state index in [0.29, 0.717) is 11.3 Å². The summed E-state index contributed by atoms with van der Waals surface area (Å²) in [5.74, 6) is -1.17. The molecule has 1 aliphatic rings. The van der Waals surface area contributed by atoms with Crippen LogP contribution in [0, 0.1) is 18.7 Å². The van der Waals surface area contributed by atoms with E-state index in [9.17, 15) is 19.1 Å². The minimum atomic E-state index is -1.03. The molecule has 2 amide bonds. The number of carbonyl (C=O) groups excluding carboxylic acids is 2. The molecule has 2 atom stereocenters. The molecule has 1 fully saturated rings. The Labute approximate surface area is 122 Å². The first-order chi connectivity index (χ1) is 9.88. The van der Waals surface area contributed by atoms with E-state index in [-0.39, 0.29) is 17.6 Å². The van der Waals surface area contributed by atoms with Gasteiger partial charge in [0.15, 0.2) is 0 Å². The maximum absolute atomic E-state index is 13.0. The van der Waals surface area contributed by atoms with E-state index in [1.165, 1.54) is 25.1 Å². The molecule has 21 heavy (non-hydrogen) atoms. The van der Waals surface area contributed by atoms with Crippen LogP contribution in [0.3, 0.4) is 0 Å². The number of hydrogen-bond acceptors (Lipinski definition) is 3. The number of carbonyl (C=O) groups is 2. The molecule has 0 bridgehead atoms. The van der Waals surface area contributed by atoms with Crippen molar-refractivity contribution in [3.05, 3.63) is 29.6 Å². The molecule has 0 radical (unpaired) electrons. The molecule has 6 heteroatoms. The number of rotatable bonds is 5. The molecule has 3 N–H and O–H groups in total. The predicted molar refractivity (Wildman–Crippen MR) is 76.1 cm³/mol. The highest BCUT2D eigenvalue weighted by atomic mass is 19.1. The highest BCUT2D eigenvalue weighted by molar-refractivity contribution is 5.98. The first-order valence-corrected chi connectivity index (χ1v) is 6.94. The van der Waals surface area contributed by atoms with E-state index in [2.05, 4.69) is 10.6 Å². The molecule has 2 rings (SSSR count). The number of aliphatic hydroxyl groups is 1. The van der Waals surface area contributed by atoms with Gasteiger partial charge in [0.25, 0.3) is 0 Å². The Morgan fingerprint density at radius 2 is 2.05 bits per heavy atom. The Balaban J connectivity index is 2.05. The highest BCUT2D eigenvalue weighted by Gasteiger charge is 2.34. The summed E-state index contributed by atoms with van der Waals surface area (Å²) in [7, 11) is 0. The van der Waals surface area contributed by atoms with Crippen LogP contribution in [0.5, 0.6) is 0 Å². The van der Waals surface area contributed by atoms with E-state index < -0.39 is 18.1 Å². The number of benzene rings is 1. The number of halogens is 1. The smallest absolute Gasteiger partial charge is 0.249 e. The molecule has 0 saturated heterocycles. The van der Waals surface area contributed by atoms with E-state index in [4.69, 9.17) is 0 Å². The molecule has 1 aromatic rings. The fourth-order valence-corrected chi connectivity index (χ4v) is 2.00. The number of hydrogen-bond donors (Lipinski definition) is 3. The van der Waals surface area contributed by atoms with Crippen LogP contribution in [0.15, 0.2) is 18.2 Å². The average molecular weight is 294 g/mol. The third-order valence-corrected chi connectivity index (χ3v) is 3.46. The lowest BCUT2D eigenvalue weighted by molar-refractivity contribution is -0.129. The van der Waals surface area contributed by atoms with E-state index in [1.54, 1.807) is 6.92 Å². The predicted octanol–water partition coefficient (Wildman–Crippen LogP) is 1.35. The zero-order valence-electron chi connectivity index (χ0n) is 12.0. The Bertz CT molecular complexity index is 556. The number of aliphatic hydroxyl groups excluding tert-OH is 1. The third-order valence-electron chi connectivity index (χ3n) is 3.46. The van der Waals surface area contributed by atoms with Crippen molar-refractivity contribution in [3.8, 4) is 0 Å². The molecule has 114 valence electrons. The first kappa shape index (κ1) is 15.4. The molecule has 1 aliphatic carbocycles. The summed E-state index contributed by atoms with van der Waals surface area (Å²) in [4.78, 5) is 23.9. The summed E-state index contributed by atoms with van der Waals surface area (Å²) in [6, 6.07) is 2.96. The number of amides is 2. The zero-order valence-corrected chi connectivity index (χ0v) is 12.0. The second-order valence-corrected chi connectivity index (χ2v) is 5.45. The van der Waals surface area contributed by atoms with E-state index >= 15 is 0 Å². The summed E-state index contributed by atoms with van der Waals surface area (Å²) in [6.45, 7) is 3.10. The molecule has 0 spiro atoms. The van der Waals surface area contributed by atoms with Crippen molar-refractivity contribution in [1.82, 2.24) is 5.32 Å². The van der Waals surface area contributed by atoms with Gasteiger partial charge in [-0.15, -0.1) is 0 Å². The third kappa shape index (κ3) is 4.01. The second-order valence-electron chi connectivity index (χ2n) is 5.45. The van der Waals surface area contributed by atoms with Crippen molar-refractivity contribution in [2.45, 2.75) is 38.8 Å². The molecular weight excluding hydrogens is 275 g/mol. The lowest BCUT2D eigenvalue weighted by Crippen LogP contribution is -2.50. The zero-order chi connectivity index (χ0) is 15.6. The first-order valence-electron chi connectivity index (χ1n) is 6.94. The van der Waals surface area contributed by atoms with Gasteiger partial charge in [0.05, 0.1) is 6.10 Å². The minimum absolute atomic E-state index is 0.0494. The summed E-state index contributed by atoms with van der Waals surface area (Å²) in [5.41, 5.74) is 1.02. The average Bonchev–Trinajstić information content (AvgIpc) is 3.22. The number of nitrogens with one attached hydrogen (secondary N) is 2. The van der Waals surface area contributed by atoms with Gasteiger partial charge in [0.1, 0.15) is 11.9 Å². The maximum Gasteiger partial charge on any atom is 0.249 e. The summed E-state index contributed by atoms with van der Waals surface area (Å²) in [5, 5.41) is 14.8. The number of anilines is 1. The van der Waals surface area contributed by atoms with Crippen LogP contribution in [-0.2, 0) is 9.59 Å². The van der Waals surface area contributed by atoms with Crippen molar-refractivity contribution in [2.75, 3.05) is 5.32 Å². The minimum Gasteiger partial charge on any atom is -0.391 e. The highest BCUT2D eigenvalue weighted by Crippen LogP contribution is 2.29. The van der Waals surface area contributed by atoms with Gasteiger partial charge in [0, 0.05) is 11.6 Å². The molecule has 1 aromatic carbocycles. The Hall–Kier alpha value is -1.95. The summed E-state index contributed by atoms with van der Waals surface area (Å²) >= 11 is 0. The van der Waals surface area contributed by atoms with Gasteiger partial charge in [0.2, 0.25) is 11.8 Å². The largest absolute Gasteiger partial charge is 0.391 e. The van der Waals surface area contributed by atoms with E-state index in [1.807, 2.05) is 0 Å². The lowest BCUT2D eigenvalue weighted by atomic mass is 10.1. The van der Waals surface area contributed by atoms with Crippen LogP contribution in [0.2, 0.25) is 0 Å². The fourth-order valence-electron chi connectivity index (χ4n) is 2.00. The van der Waals surface area contributed by atoms with Gasteiger partial charge in [-0.25, -0.2) is 4.39 Å². The Morgan fingerprint density at radius 1 is 1.38 bits per heavy atom. The van der Waals surface area contributed by atoms with Gasteiger partial charge in [-0.3, -0.25) is 9.59 Å². The summed E-state index contributed by atoms with van der Waals surface area (Å²) in [6.07, 6.45) is 0.613. The quantitative estimate of drug-likeness (QED) is 0.767. The Kier molecular flexibility index (Phi) is 4.57. The van der Waals surface area contributed by atoms with Gasteiger partial charge < -0.3 is 15.7 Å². The monoisotopic (exact) mass is 294 g/mol. The van der Waals surface area contributed by atoms with Crippen LogP contribution in [-0.4, -0.2) is 29.1 Å². The van der Waals surface area contributed by atoms with Gasteiger partial charge in [-0.05, 0) is 50.5 Å². The maximum atomic E-state index is 13.0. The van der Waals surface area contributed by atoms with Crippen LogP contribution in [0.4, 0.5) is 10.1 Å². The molecule has 1 saturated carbocycles. The number of aryl methyl sites for hydroxylation is 1.